The lowest BCUT2D eigenvalue weighted by molar-refractivity contribution is 0.823. The van der Waals surface area contributed by atoms with Crippen LogP contribution in [0.15, 0.2) is 42.5 Å². The molecule has 0 bridgehead atoms. The van der Waals surface area contributed by atoms with Gasteiger partial charge < -0.3 is 4.57 Å². The number of para-hydroxylation sites is 1. The van der Waals surface area contributed by atoms with E-state index in [2.05, 4.69) is 68.7 Å². The maximum absolute atomic E-state index is 6.98. The van der Waals surface area contributed by atoms with Crippen LogP contribution in [0.25, 0.3) is 0 Å². The van der Waals surface area contributed by atoms with Crippen molar-refractivity contribution >= 4 is 39.9 Å². The molecule has 0 unspecified atom stereocenters. The first-order valence-corrected chi connectivity index (χ1v) is 12.2. The van der Waals surface area contributed by atoms with Crippen molar-refractivity contribution in [3.8, 4) is 0 Å². The summed E-state index contributed by atoms with van der Waals surface area (Å²) in [5.41, 5.74) is 5.19. The minimum atomic E-state index is -2.71. The van der Waals surface area contributed by atoms with Crippen LogP contribution in [0.1, 0.15) is 56.2 Å². The Labute approximate surface area is 149 Å². The molecule has 0 spiro atoms. The van der Waals surface area contributed by atoms with Crippen LogP contribution >= 0.6 is 22.2 Å². The first-order chi connectivity index (χ1) is 10.8. The van der Waals surface area contributed by atoms with E-state index in [0.717, 1.165) is 11.7 Å². The summed E-state index contributed by atoms with van der Waals surface area (Å²) in [6, 6.07) is 14.9. The van der Waals surface area contributed by atoms with Crippen molar-refractivity contribution in [2.24, 2.45) is 0 Å². The largest absolute Gasteiger partial charge is 0.386 e. The fourth-order valence-electron chi connectivity index (χ4n) is 3.41. The van der Waals surface area contributed by atoms with E-state index in [4.69, 9.17) is 22.2 Å². The fourth-order valence-corrected chi connectivity index (χ4v) is 7.43. The van der Waals surface area contributed by atoms with Gasteiger partial charge in [-0.1, -0.05) is 70.2 Å². The smallest absolute Gasteiger partial charge is 0.366 e. The van der Waals surface area contributed by atoms with Gasteiger partial charge in [-0.15, -0.1) is 22.2 Å². The summed E-state index contributed by atoms with van der Waals surface area (Å²) in [7, 11) is 0. The highest BCUT2D eigenvalue weighted by Crippen LogP contribution is 2.42. The summed E-state index contributed by atoms with van der Waals surface area (Å²) in [5.74, 6) is 0.871. The quantitative estimate of drug-likeness (QED) is 0.508. The Morgan fingerprint density at radius 2 is 1.43 bits per heavy atom. The van der Waals surface area contributed by atoms with Gasteiger partial charge in [-0.25, -0.2) is 0 Å². The lowest BCUT2D eigenvalue weighted by atomic mass is 9.92. The van der Waals surface area contributed by atoms with Crippen molar-refractivity contribution in [1.82, 2.24) is 0 Å². The average molecular weight is 364 g/mol. The zero-order chi connectivity index (χ0) is 16.8. The SMILES string of the molecule is CC(C)c1cccc(C(C)C)c1N1Cc2ccccc2[Si]1(Cl)Cl. The third kappa shape index (κ3) is 2.82. The van der Waals surface area contributed by atoms with Gasteiger partial charge in [-0.3, -0.25) is 0 Å². The first-order valence-electron chi connectivity index (χ1n) is 8.20. The standard InChI is InChI=1S/C19H23Cl2NSi/c1-13(2)16-9-7-10-17(14(3)4)19(16)22-12-15-8-5-6-11-18(15)23(22,20)21/h5-11,13-14H,12H2,1-4H3. The molecule has 0 aromatic heterocycles. The van der Waals surface area contributed by atoms with Crippen LogP contribution in [0.2, 0.25) is 0 Å². The molecule has 23 heavy (non-hydrogen) atoms. The zero-order valence-corrected chi connectivity index (χ0v) is 16.6. The molecule has 0 fully saturated rings. The molecular weight excluding hydrogens is 341 g/mol. The van der Waals surface area contributed by atoms with E-state index in [1.54, 1.807) is 0 Å². The van der Waals surface area contributed by atoms with Crippen LogP contribution in [0.5, 0.6) is 0 Å². The molecule has 1 aliphatic heterocycles. The molecule has 0 saturated carbocycles. The highest BCUT2D eigenvalue weighted by atomic mass is 35.7. The molecule has 1 nitrogen and oxygen atoms in total. The Morgan fingerprint density at radius 1 is 0.870 bits per heavy atom. The van der Waals surface area contributed by atoms with E-state index >= 15 is 0 Å². The number of rotatable bonds is 3. The average Bonchev–Trinajstić information content (AvgIpc) is 2.78. The Kier molecular flexibility index (Phi) is 4.52. The predicted molar refractivity (Wildman–Crippen MR) is 104 cm³/mol. The molecule has 122 valence electrons. The van der Waals surface area contributed by atoms with Gasteiger partial charge in [0.05, 0.1) is 0 Å². The highest BCUT2D eigenvalue weighted by Gasteiger charge is 2.47. The van der Waals surface area contributed by atoms with Gasteiger partial charge in [-0.05, 0) is 33.7 Å². The highest BCUT2D eigenvalue weighted by molar-refractivity contribution is 7.52. The maximum Gasteiger partial charge on any atom is 0.386 e. The van der Waals surface area contributed by atoms with Gasteiger partial charge in [0.1, 0.15) is 0 Å². The monoisotopic (exact) mass is 363 g/mol. The third-order valence-electron chi connectivity index (χ3n) is 4.62. The van der Waals surface area contributed by atoms with E-state index < -0.39 is 6.86 Å². The summed E-state index contributed by atoms with van der Waals surface area (Å²) in [6.07, 6.45) is 0. The number of fused-ring (bicyclic) bond motifs is 1. The number of halogens is 2. The molecule has 0 amide bonds. The minimum Gasteiger partial charge on any atom is -0.366 e. The van der Waals surface area contributed by atoms with Gasteiger partial charge >= 0.3 is 6.86 Å². The maximum atomic E-state index is 6.98. The topological polar surface area (TPSA) is 3.24 Å². The second-order valence-corrected chi connectivity index (χ2v) is 12.9. The summed E-state index contributed by atoms with van der Waals surface area (Å²) in [5, 5.41) is 1.14. The Morgan fingerprint density at radius 3 is 1.96 bits per heavy atom. The Hall–Kier alpha value is -0.963. The minimum absolute atomic E-state index is 0.436. The van der Waals surface area contributed by atoms with Crippen molar-refractivity contribution in [3.05, 3.63) is 59.2 Å². The van der Waals surface area contributed by atoms with Crippen LogP contribution in [-0.4, -0.2) is 6.86 Å². The van der Waals surface area contributed by atoms with Crippen molar-refractivity contribution in [2.75, 3.05) is 4.57 Å². The lowest BCUT2D eigenvalue weighted by Crippen LogP contribution is -2.48. The van der Waals surface area contributed by atoms with Crippen LogP contribution in [0.3, 0.4) is 0 Å². The third-order valence-corrected chi connectivity index (χ3v) is 9.26. The first kappa shape index (κ1) is 16.9. The van der Waals surface area contributed by atoms with Crippen molar-refractivity contribution < 1.29 is 0 Å². The summed E-state index contributed by atoms with van der Waals surface area (Å²) in [6.45, 7) is 7.03. The van der Waals surface area contributed by atoms with E-state index in [1.165, 1.54) is 22.4 Å². The predicted octanol–water partition coefficient (Wildman–Crippen LogP) is 5.58. The van der Waals surface area contributed by atoms with E-state index in [9.17, 15) is 0 Å². The van der Waals surface area contributed by atoms with Crippen molar-refractivity contribution in [3.63, 3.8) is 0 Å². The second kappa shape index (κ2) is 6.16. The van der Waals surface area contributed by atoms with E-state index in [-0.39, 0.29) is 0 Å². The lowest BCUT2D eigenvalue weighted by Gasteiger charge is -2.33. The molecule has 0 N–H and O–H groups in total. The number of nitrogens with zero attached hydrogens (tertiary/aromatic N) is 1. The van der Waals surface area contributed by atoms with Gasteiger partial charge in [0, 0.05) is 12.2 Å². The van der Waals surface area contributed by atoms with Crippen molar-refractivity contribution in [2.45, 2.75) is 46.1 Å². The van der Waals surface area contributed by atoms with Gasteiger partial charge in [0.25, 0.3) is 0 Å². The molecule has 0 radical (unpaired) electrons. The molecule has 1 heterocycles. The molecular formula is C19H23Cl2NSi. The zero-order valence-electron chi connectivity index (χ0n) is 14.1. The number of benzene rings is 2. The Bertz CT molecular complexity index is 699. The normalized spacial score (nSPS) is 16.3. The molecule has 2 aromatic rings. The molecule has 0 saturated heterocycles. The second-order valence-electron chi connectivity index (χ2n) is 6.88. The van der Waals surface area contributed by atoms with Crippen LogP contribution in [0, 0.1) is 0 Å². The van der Waals surface area contributed by atoms with Crippen LogP contribution in [-0.2, 0) is 6.54 Å². The number of hydrogen-bond donors (Lipinski definition) is 0. The molecule has 0 atom stereocenters. The van der Waals surface area contributed by atoms with Gasteiger partial charge in [-0.2, -0.15) is 0 Å². The molecule has 4 heteroatoms. The molecule has 1 aliphatic rings. The van der Waals surface area contributed by atoms with Crippen LogP contribution in [0.4, 0.5) is 5.69 Å². The summed E-state index contributed by atoms with van der Waals surface area (Å²) < 4.78 is 2.30. The molecule has 2 aromatic carbocycles. The van der Waals surface area contributed by atoms with E-state index in [1.807, 2.05) is 6.07 Å². The van der Waals surface area contributed by atoms with Gasteiger partial charge in [0.15, 0.2) is 0 Å². The molecule has 3 rings (SSSR count). The number of hydrogen-bond acceptors (Lipinski definition) is 1. The Balaban J connectivity index is 2.20. The summed E-state index contributed by atoms with van der Waals surface area (Å²) >= 11 is 14.0. The summed E-state index contributed by atoms with van der Waals surface area (Å²) in [4.78, 5) is 0. The number of anilines is 1. The van der Waals surface area contributed by atoms with Crippen LogP contribution < -0.4 is 9.75 Å². The fraction of sp³-hybridized carbons (Fsp3) is 0.368. The molecule has 0 aliphatic carbocycles. The van der Waals surface area contributed by atoms with Crippen molar-refractivity contribution in [1.29, 1.82) is 0 Å². The van der Waals surface area contributed by atoms with E-state index in [0.29, 0.717) is 11.8 Å². The van der Waals surface area contributed by atoms with Gasteiger partial charge in [0.2, 0.25) is 0 Å².